The largest absolute Gasteiger partial charge is 0.313 e. The van der Waals surface area contributed by atoms with Crippen molar-refractivity contribution in [3.63, 3.8) is 0 Å². The SMILES string of the molecule is Cc1nn(C)cc1CNCCCCCCC(C)C. The van der Waals surface area contributed by atoms with E-state index in [0.29, 0.717) is 0 Å². The van der Waals surface area contributed by atoms with Gasteiger partial charge in [-0.1, -0.05) is 39.5 Å². The van der Waals surface area contributed by atoms with Crippen LogP contribution in [0, 0.1) is 12.8 Å². The molecule has 1 aromatic heterocycles. The minimum absolute atomic E-state index is 0.858. The minimum atomic E-state index is 0.858. The Balaban J connectivity index is 1.97. The fourth-order valence-corrected chi connectivity index (χ4v) is 2.20. The zero-order chi connectivity index (χ0) is 13.4. The van der Waals surface area contributed by atoms with Crippen LogP contribution >= 0.6 is 0 Å². The molecule has 0 unspecified atom stereocenters. The van der Waals surface area contributed by atoms with Gasteiger partial charge < -0.3 is 5.32 Å². The molecule has 3 heteroatoms. The number of nitrogens with zero attached hydrogens (tertiary/aromatic N) is 2. The first-order valence-electron chi connectivity index (χ1n) is 7.29. The normalized spacial score (nSPS) is 11.4. The van der Waals surface area contributed by atoms with Gasteiger partial charge in [-0.2, -0.15) is 5.10 Å². The van der Waals surface area contributed by atoms with Crippen molar-refractivity contribution in [2.24, 2.45) is 13.0 Å². The van der Waals surface area contributed by atoms with Crippen molar-refractivity contribution in [1.29, 1.82) is 0 Å². The van der Waals surface area contributed by atoms with Gasteiger partial charge >= 0.3 is 0 Å². The van der Waals surface area contributed by atoms with Crippen LogP contribution in [0.2, 0.25) is 0 Å². The molecule has 0 atom stereocenters. The topological polar surface area (TPSA) is 29.9 Å². The summed E-state index contributed by atoms with van der Waals surface area (Å²) in [4.78, 5) is 0. The second-order valence-corrected chi connectivity index (χ2v) is 5.69. The van der Waals surface area contributed by atoms with Gasteiger partial charge in [0.2, 0.25) is 0 Å². The molecule has 0 aliphatic carbocycles. The molecule has 104 valence electrons. The lowest BCUT2D eigenvalue weighted by atomic mass is 10.0. The second-order valence-electron chi connectivity index (χ2n) is 5.69. The monoisotopic (exact) mass is 251 g/mol. The first-order chi connectivity index (χ1) is 8.59. The van der Waals surface area contributed by atoms with E-state index in [2.05, 4.69) is 37.4 Å². The van der Waals surface area contributed by atoms with E-state index in [0.717, 1.165) is 24.7 Å². The van der Waals surface area contributed by atoms with Crippen LogP contribution in [-0.2, 0) is 13.6 Å². The Morgan fingerprint density at radius 2 is 1.94 bits per heavy atom. The van der Waals surface area contributed by atoms with E-state index >= 15 is 0 Å². The molecule has 0 saturated heterocycles. The summed E-state index contributed by atoms with van der Waals surface area (Å²) in [6, 6.07) is 0. The maximum atomic E-state index is 4.34. The van der Waals surface area contributed by atoms with E-state index in [4.69, 9.17) is 0 Å². The number of hydrogen-bond acceptors (Lipinski definition) is 2. The van der Waals surface area contributed by atoms with Crippen molar-refractivity contribution in [2.75, 3.05) is 6.54 Å². The molecule has 0 aliphatic heterocycles. The Kier molecular flexibility index (Phi) is 7.02. The lowest BCUT2D eigenvalue weighted by molar-refractivity contribution is 0.512. The minimum Gasteiger partial charge on any atom is -0.313 e. The fraction of sp³-hybridized carbons (Fsp3) is 0.800. The van der Waals surface area contributed by atoms with Crippen molar-refractivity contribution < 1.29 is 0 Å². The van der Waals surface area contributed by atoms with Crippen LogP contribution in [0.25, 0.3) is 0 Å². The Morgan fingerprint density at radius 3 is 2.56 bits per heavy atom. The highest BCUT2D eigenvalue weighted by Gasteiger charge is 2.01. The van der Waals surface area contributed by atoms with Gasteiger partial charge in [0, 0.05) is 25.4 Å². The fourth-order valence-electron chi connectivity index (χ4n) is 2.20. The molecule has 0 fully saturated rings. The number of rotatable bonds is 9. The molecule has 0 radical (unpaired) electrons. The van der Waals surface area contributed by atoms with Crippen molar-refractivity contribution in [3.8, 4) is 0 Å². The van der Waals surface area contributed by atoms with Crippen LogP contribution in [-0.4, -0.2) is 16.3 Å². The molecule has 0 aliphatic rings. The van der Waals surface area contributed by atoms with Gasteiger partial charge in [0.25, 0.3) is 0 Å². The number of aryl methyl sites for hydroxylation is 2. The summed E-state index contributed by atoms with van der Waals surface area (Å²) in [5.41, 5.74) is 2.46. The number of aromatic nitrogens is 2. The molecule has 18 heavy (non-hydrogen) atoms. The van der Waals surface area contributed by atoms with Gasteiger partial charge in [-0.3, -0.25) is 4.68 Å². The van der Waals surface area contributed by atoms with E-state index in [1.807, 2.05) is 11.7 Å². The highest BCUT2D eigenvalue weighted by molar-refractivity contribution is 5.14. The van der Waals surface area contributed by atoms with Crippen molar-refractivity contribution in [3.05, 3.63) is 17.5 Å². The Morgan fingerprint density at radius 1 is 1.22 bits per heavy atom. The summed E-state index contributed by atoms with van der Waals surface area (Å²) < 4.78 is 1.89. The van der Waals surface area contributed by atoms with Crippen molar-refractivity contribution in [2.45, 2.75) is 59.4 Å². The predicted molar refractivity (Wildman–Crippen MR) is 77.6 cm³/mol. The molecule has 3 nitrogen and oxygen atoms in total. The summed E-state index contributed by atoms with van der Waals surface area (Å²) >= 11 is 0. The zero-order valence-electron chi connectivity index (χ0n) is 12.5. The molecule has 1 heterocycles. The summed E-state index contributed by atoms with van der Waals surface area (Å²) in [6.45, 7) is 8.75. The first kappa shape index (κ1) is 15.2. The molecule has 1 aromatic rings. The van der Waals surface area contributed by atoms with Gasteiger partial charge in [-0.15, -0.1) is 0 Å². The second kappa shape index (κ2) is 8.30. The lowest BCUT2D eigenvalue weighted by Crippen LogP contribution is -2.14. The van der Waals surface area contributed by atoms with E-state index in [9.17, 15) is 0 Å². The van der Waals surface area contributed by atoms with Gasteiger partial charge in [-0.05, 0) is 25.8 Å². The summed E-state index contributed by atoms with van der Waals surface area (Å²) in [5, 5.41) is 7.85. The van der Waals surface area contributed by atoms with Gasteiger partial charge in [0.15, 0.2) is 0 Å². The lowest BCUT2D eigenvalue weighted by Gasteiger charge is -2.05. The third-order valence-electron chi connectivity index (χ3n) is 3.32. The van der Waals surface area contributed by atoms with E-state index in [1.54, 1.807) is 0 Å². The molecule has 0 aromatic carbocycles. The Hall–Kier alpha value is -0.830. The van der Waals surface area contributed by atoms with Crippen LogP contribution in [0.3, 0.4) is 0 Å². The Bertz CT molecular complexity index is 328. The number of hydrogen-bond donors (Lipinski definition) is 1. The van der Waals surface area contributed by atoms with Crippen LogP contribution in [0.15, 0.2) is 6.20 Å². The highest BCUT2D eigenvalue weighted by Crippen LogP contribution is 2.09. The number of nitrogens with one attached hydrogen (secondary N) is 1. The van der Waals surface area contributed by atoms with Crippen LogP contribution < -0.4 is 5.32 Å². The molecule has 0 saturated carbocycles. The van der Waals surface area contributed by atoms with E-state index in [1.165, 1.54) is 37.7 Å². The van der Waals surface area contributed by atoms with Gasteiger partial charge in [0.1, 0.15) is 0 Å². The maximum Gasteiger partial charge on any atom is 0.0638 e. The quantitative estimate of drug-likeness (QED) is 0.682. The van der Waals surface area contributed by atoms with Crippen molar-refractivity contribution >= 4 is 0 Å². The smallest absolute Gasteiger partial charge is 0.0638 e. The molecular weight excluding hydrogens is 222 g/mol. The summed E-state index contributed by atoms with van der Waals surface area (Å²) in [6.07, 6.45) is 8.89. The zero-order valence-corrected chi connectivity index (χ0v) is 12.5. The molecular formula is C15H29N3. The molecule has 0 bridgehead atoms. The van der Waals surface area contributed by atoms with Gasteiger partial charge in [0.05, 0.1) is 5.69 Å². The average molecular weight is 251 g/mol. The Labute approximate surface area is 112 Å². The highest BCUT2D eigenvalue weighted by atomic mass is 15.2. The van der Waals surface area contributed by atoms with Crippen LogP contribution in [0.4, 0.5) is 0 Å². The van der Waals surface area contributed by atoms with Crippen LogP contribution in [0.1, 0.15) is 57.2 Å². The predicted octanol–water partition coefficient (Wildman–Crippen LogP) is 3.42. The molecule has 0 amide bonds. The van der Waals surface area contributed by atoms with Crippen molar-refractivity contribution in [1.82, 2.24) is 15.1 Å². The van der Waals surface area contributed by atoms with Crippen LogP contribution in [0.5, 0.6) is 0 Å². The summed E-state index contributed by atoms with van der Waals surface area (Å²) in [7, 11) is 1.98. The average Bonchev–Trinajstić information content (AvgIpc) is 2.61. The molecule has 0 spiro atoms. The molecule has 1 rings (SSSR count). The molecule has 1 N–H and O–H groups in total. The summed E-state index contributed by atoms with van der Waals surface area (Å²) in [5.74, 6) is 0.858. The van der Waals surface area contributed by atoms with E-state index < -0.39 is 0 Å². The third-order valence-corrected chi connectivity index (χ3v) is 3.32. The standard InChI is InChI=1S/C15H29N3/c1-13(2)9-7-5-6-8-10-16-11-15-12-18(4)17-14(15)3/h12-13,16H,5-11H2,1-4H3. The van der Waals surface area contributed by atoms with E-state index in [-0.39, 0.29) is 0 Å². The third kappa shape index (κ3) is 6.20. The maximum absolute atomic E-state index is 4.34. The van der Waals surface area contributed by atoms with Gasteiger partial charge in [-0.25, -0.2) is 0 Å². The number of unbranched alkanes of at least 4 members (excludes halogenated alkanes) is 3. The first-order valence-corrected chi connectivity index (χ1v) is 7.29.